The number of carbonyl (C=O) groups is 1. The number of hydrogen-bond donors (Lipinski definition) is 0. The SMILES string of the molecule is COc1ccc(-n2c(C(C)=O)c(C)c(OCc3ccccc3)c2-c2ccccn2)cc1. The summed E-state index contributed by atoms with van der Waals surface area (Å²) < 4.78 is 13.5. The van der Waals surface area contributed by atoms with Crippen molar-refractivity contribution in [3.63, 3.8) is 0 Å². The Morgan fingerprint density at radius 1 is 0.968 bits per heavy atom. The van der Waals surface area contributed by atoms with E-state index in [9.17, 15) is 4.79 Å². The van der Waals surface area contributed by atoms with Crippen LogP contribution in [-0.4, -0.2) is 22.4 Å². The number of ketones is 1. The molecule has 0 spiro atoms. The smallest absolute Gasteiger partial charge is 0.176 e. The molecule has 0 aliphatic rings. The van der Waals surface area contributed by atoms with Crippen molar-refractivity contribution in [3.8, 4) is 28.6 Å². The zero-order valence-corrected chi connectivity index (χ0v) is 17.8. The van der Waals surface area contributed by atoms with Crippen LogP contribution in [0.2, 0.25) is 0 Å². The number of benzene rings is 2. The van der Waals surface area contributed by atoms with Crippen molar-refractivity contribution in [2.24, 2.45) is 0 Å². The van der Waals surface area contributed by atoms with Crippen LogP contribution in [0.15, 0.2) is 79.0 Å². The summed E-state index contributed by atoms with van der Waals surface area (Å²) in [7, 11) is 1.63. The molecular formula is C26H24N2O3. The molecule has 0 unspecified atom stereocenters. The summed E-state index contributed by atoms with van der Waals surface area (Å²) in [5, 5.41) is 0. The molecule has 2 aromatic carbocycles. The Kier molecular flexibility index (Phi) is 5.85. The van der Waals surface area contributed by atoms with E-state index in [-0.39, 0.29) is 5.78 Å². The summed E-state index contributed by atoms with van der Waals surface area (Å²) in [5.74, 6) is 1.36. The maximum Gasteiger partial charge on any atom is 0.176 e. The summed E-state index contributed by atoms with van der Waals surface area (Å²) in [6.45, 7) is 3.89. The van der Waals surface area contributed by atoms with Gasteiger partial charge in [0.15, 0.2) is 11.5 Å². The van der Waals surface area contributed by atoms with Gasteiger partial charge in [0.1, 0.15) is 18.1 Å². The average molecular weight is 412 g/mol. The third-order valence-electron chi connectivity index (χ3n) is 5.16. The van der Waals surface area contributed by atoms with Crippen LogP contribution >= 0.6 is 0 Å². The largest absolute Gasteiger partial charge is 0.497 e. The highest BCUT2D eigenvalue weighted by Gasteiger charge is 2.27. The molecule has 0 atom stereocenters. The number of aromatic nitrogens is 2. The molecule has 0 N–H and O–H groups in total. The highest BCUT2D eigenvalue weighted by Crippen LogP contribution is 2.40. The van der Waals surface area contributed by atoms with Gasteiger partial charge in [-0.25, -0.2) is 0 Å². The fourth-order valence-corrected chi connectivity index (χ4v) is 3.72. The minimum atomic E-state index is -0.0416. The second-order valence-electron chi connectivity index (χ2n) is 7.23. The summed E-state index contributed by atoms with van der Waals surface area (Å²) in [5.41, 5.74) is 4.75. The second-order valence-corrected chi connectivity index (χ2v) is 7.23. The lowest BCUT2D eigenvalue weighted by Crippen LogP contribution is -2.07. The molecule has 2 heterocycles. The van der Waals surface area contributed by atoms with Gasteiger partial charge in [-0.05, 0) is 48.9 Å². The Morgan fingerprint density at radius 3 is 2.29 bits per heavy atom. The minimum Gasteiger partial charge on any atom is -0.497 e. The predicted octanol–water partition coefficient (Wildman–Crippen LogP) is 5.64. The number of rotatable bonds is 7. The first-order valence-electron chi connectivity index (χ1n) is 10.1. The maximum absolute atomic E-state index is 12.7. The zero-order chi connectivity index (χ0) is 21.8. The van der Waals surface area contributed by atoms with Crippen molar-refractivity contribution >= 4 is 5.78 Å². The molecule has 0 radical (unpaired) electrons. The highest BCUT2D eigenvalue weighted by atomic mass is 16.5. The monoisotopic (exact) mass is 412 g/mol. The number of nitrogens with zero attached hydrogens (tertiary/aromatic N) is 2. The molecule has 0 bridgehead atoms. The Hall–Kier alpha value is -3.86. The summed E-state index contributed by atoms with van der Waals surface area (Å²) >= 11 is 0. The Balaban J connectivity index is 1.92. The number of pyridine rings is 1. The topological polar surface area (TPSA) is 53.4 Å². The molecule has 156 valence electrons. The van der Waals surface area contributed by atoms with Crippen LogP contribution < -0.4 is 9.47 Å². The number of ether oxygens (including phenoxy) is 2. The molecule has 0 amide bonds. The van der Waals surface area contributed by atoms with Gasteiger partial charge in [-0.3, -0.25) is 9.78 Å². The third kappa shape index (κ3) is 4.08. The Labute approximate surface area is 181 Å². The van der Waals surface area contributed by atoms with Crippen LogP contribution in [0.25, 0.3) is 17.1 Å². The van der Waals surface area contributed by atoms with Crippen LogP contribution in [-0.2, 0) is 6.61 Å². The fraction of sp³-hybridized carbons (Fsp3) is 0.154. The van der Waals surface area contributed by atoms with E-state index < -0.39 is 0 Å². The zero-order valence-electron chi connectivity index (χ0n) is 17.8. The summed E-state index contributed by atoms with van der Waals surface area (Å²) in [6.07, 6.45) is 1.74. The van der Waals surface area contributed by atoms with Crippen molar-refractivity contribution in [1.82, 2.24) is 9.55 Å². The number of carbonyl (C=O) groups excluding carboxylic acids is 1. The first-order valence-corrected chi connectivity index (χ1v) is 10.1. The van der Waals surface area contributed by atoms with E-state index in [4.69, 9.17) is 9.47 Å². The van der Waals surface area contributed by atoms with Gasteiger partial charge >= 0.3 is 0 Å². The second kappa shape index (κ2) is 8.88. The van der Waals surface area contributed by atoms with Crippen LogP contribution in [0.5, 0.6) is 11.5 Å². The lowest BCUT2D eigenvalue weighted by atomic mass is 10.1. The van der Waals surface area contributed by atoms with Crippen molar-refractivity contribution in [1.29, 1.82) is 0 Å². The highest BCUT2D eigenvalue weighted by molar-refractivity contribution is 5.98. The van der Waals surface area contributed by atoms with Crippen LogP contribution in [0.1, 0.15) is 28.5 Å². The van der Waals surface area contributed by atoms with Crippen LogP contribution in [0.4, 0.5) is 0 Å². The summed E-state index contributed by atoms with van der Waals surface area (Å²) in [6, 6.07) is 23.3. The molecule has 0 aliphatic carbocycles. The lowest BCUT2D eigenvalue weighted by Gasteiger charge is -2.14. The number of methoxy groups -OCH3 is 1. The van der Waals surface area contributed by atoms with Gasteiger partial charge in [0, 0.05) is 24.4 Å². The average Bonchev–Trinajstić information content (AvgIpc) is 3.11. The van der Waals surface area contributed by atoms with Gasteiger partial charge in [-0.2, -0.15) is 0 Å². The molecule has 31 heavy (non-hydrogen) atoms. The van der Waals surface area contributed by atoms with Gasteiger partial charge in [0.05, 0.1) is 18.5 Å². The van der Waals surface area contributed by atoms with Gasteiger partial charge in [-0.1, -0.05) is 36.4 Å². The van der Waals surface area contributed by atoms with E-state index in [0.717, 1.165) is 34.0 Å². The van der Waals surface area contributed by atoms with Crippen molar-refractivity contribution in [2.45, 2.75) is 20.5 Å². The van der Waals surface area contributed by atoms with E-state index in [2.05, 4.69) is 4.98 Å². The van der Waals surface area contributed by atoms with Gasteiger partial charge < -0.3 is 14.0 Å². The Bertz CT molecular complexity index is 1180. The Morgan fingerprint density at radius 2 is 1.68 bits per heavy atom. The molecule has 4 rings (SSSR count). The first-order chi connectivity index (χ1) is 15.1. The van der Waals surface area contributed by atoms with E-state index in [1.54, 1.807) is 20.2 Å². The maximum atomic E-state index is 12.7. The molecule has 2 aromatic heterocycles. The molecule has 0 saturated heterocycles. The van der Waals surface area contributed by atoms with Crippen LogP contribution in [0, 0.1) is 6.92 Å². The first kappa shape index (κ1) is 20.4. The normalized spacial score (nSPS) is 10.7. The van der Waals surface area contributed by atoms with Crippen molar-refractivity contribution in [3.05, 3.63) is 95.8 Å². The van der Waals surface area contributed by atoms with Crippen LogP contribution in [0.3, 0.4) is 0 Å². The quantitative estimate of drug-likeness (QED) is 0.369. The standard InChI is InChI=1S/C26H24N2O3/c1-18-24(19(2)29)28(21-12-14-22(30-3)15-13-21)25(23-11-7-8-16-27-23)26(18)31-17-20-9-5-4-6-10-20/h4-16H,17H2,1-3H3. The third-order valence-corrected chi connectivity index (χ3v) is 5.16. The predicted molar refractivity (Wildman–Crippen MR) is 121 cm³/mol. The number of hydrogen-bond acceptors (Lipinski definition) is 4. The fourth-order valence-electron chi connectivity index (χ4n) is 3.72. The molecular weight excluding hydrogens is 388 g/mol. The van der Waals surface area contributed by atoms with Crippen molar-refractivity contribution < 1.29 is 14.3 Å². The summed E-state index contributed by atoms with van der Waals surface area (Å²) in [4.78, 5) is 17.3. The lowest BCUT2D eigenvalue weighted by molar-refractivity contribution is 0.101. The van der Waals surface area contributed by atoms with Gasteiger partial charge in [-0.15, -0.1) is 0 Å². The molecule has 0 fully saturated rings. The van der Waals surface area contributed by atoms with Crippen molar-refractivity contribution in [2.75, 3.05) is 7.11 Å². The van der Waals surface area contributed by atoms with E-state index in [1.165, 1.54) is 0 Å². The van der Waals surface area contributed by atoms with E-state index in [0.29, 0.717) is 18.1 Å². The van der Waals surface area contributed by atoms with Gasteiger partial charge in [0.2, 0.25) is 0 Å². The minimum absolute atomic E-state index is 0.0416. The van der Waals surface area contributed by atoms with E-state index >= 15 is 0 Å². The molecule has 0 saturated carbocycles. The molecule has 4 aromatic rings. The van der Waals surface area contributed by atoms with Gasteiger partial charge in [0.25, 0.3) is 0 Å². The van der Waals surface area contributed by atoms with E-state index in [1.807, 2.05) is 84.3 Å². The molecule has 5 heteroatoms. The molecule has 5 nitrogen and oxygen atoms in total. The number of Topliss-reactive ketones (excluding diaryl/α,β-unsaturated/α-hetero) is 1. The molecule has 0 aliphatic heterocycles.